The smallest absolute Gasteiger partial charge is 0.142 e. The molecule has 2 aromatic rings. The molecule has 0 radical (unpaired) electrons. The van der Waals surface area contributed by atoms with Crippen LogP contribution in [0.3, 0.4) is 0 Å². The maximum absolute atomic E-state index is 6.18. The van der Waals surface area contributed by atoms with Crippen molar-refractivity contribution in [2.75, 3.05) is 13.2 Å². The number of ether oxygens (including phenoxy) is 1. The zero-order chi connectivity index (χ0) is 13.9. The minimum atomic E-state index is 0.213. The van der Waals surface area contributed by atoms with Gasteiger partial charge in [-0.05, 0) is 18.2 Å². The third-order valence-corrected chi connectivity index (χ3v) is 3.86. The van der Waals surface area contributed by atoms with Crippen molar-refractivity contribution in [1.82, 2.24) is 15.1 Å². The Hall–Kier alpha value is -1.23. The molecular formula is C14H15Cl2N3O. The van der Waals surface area contributed by atoms with Gasteiger partial charge in [0.15, 0.2) is 0 Å². The standard InChI is InChI=1S/C14H15Cl2N3O/c15-10-8-11-13(2-7-20-14(11)12(16)9-10)17-4-6-19-5-1-3-18-19/h1,3,5,8-9,13,17H,2,4,6-7H2. The molecule has 0 bridgehead atoms. The van der Waals surface area contributed by atoms with Gasteiger partial charge in [-0.1, -0.05) is 23.2 Å². The summed E-state index contributed by atoms with van der Waals surface area (Å²) in [5.41, 5.74) is 1.04. The van der Waals surface area contributed by atoms with E-state index in [9.17, 15) is 0 Å². The fourth-order valence-electron chi connectivity index (χ4n) is 2.42. The van der Waals surface area contributed by atoms with Gasteiger partial charge in [-0.25, -0.2) is 0 Å². The molecule has 0 amide bonds. The molecule has 0 spiro atoms. The van der Waals surface area contributed by atoms with Crippen molar-refractivity contribution in [3.05, 3.63) is 46.2 Å². The van der Waals surface area contributed by atoms with E-state index in [4.69, 9.17) is 27.9 Å². The molecule has 4 nitrogen and oxygen atoms in total. The Morgan fingerprint density at radius 1 is 1.40 bits per heavy atom. The van der Waals surface area contributed by atoms with Gasteiger partial charge in [0.25, 0.3) is 0 Å². The average molecular weight is 312 g/mol. The van der Waals surface area contributed by atoms with Crippen molar-refractivity contribution in [3.63, 3.8) is 0 Å². The number of hydrogen-bond acceptors (Lipinski definition) is 3. The van der Waals surface area contributed by atoms with E-state index >= 15 is 0 Å². The lowest BCUT2D eigenvalue weighted by molar-refractivity contribution is 0.252. The van der Waals surface area contributed by atoms with Gasteiger partial charge in [-0.15, -0.1) is 0 Å². The van der Waals surface area contributed by atoms with Crippen LogP contribution >= 0.6 is 23.2 Å². The van der Waals surface area contributed by atoms with Crippen molar-refractivity contribution in [3.8, 4) is 5.75 Å². The number of fused-ring (bicyclic) bond motifs is 1. The number of hydrogen-bond donors (Lipinski definition) is 1. The van der Waals surface area contributed by atoms with E-state index in [2.05, 4.69) is 10.4 Å². The van der Waals surface area contributed by atoms with Crippen molar-refractivity contribution >= 4 is 23.2 Å². The van der Waals surface area contributed by atoms with Crippen LogP contribution in [-0.4, -0.2) is 22.9 Å². The van der Waals surface area contributed by atoms with E-state index in [-0.39, 0.29) is 6.04 Å². The third-order valence-electron chi connectivity index (χ3n) is 3.36. The van der Waals surface area contributed by atoms with Crippen LogP contribution in [0.15, 0.2) is 30.6 Å². The number of rotatable bonds is 4. The van der Waals surface area contributed by atoms with Gasteiger partial charge in [0.2, 0.25) is 0 Å². The third kappa shape index (κ3) is 2.92. The Bertz CT molecular complexity index is 586. The molecule has 1 aromatic heterocycles. The Balaban J connectivity index is 1.70. The average Bonchev–Trinajstić information content (AvgIpc) is 2.92. The van der Waals surface area contributed by atoms with Crippen LogP contribution in [0.2, 0.25) is 10.0 Å². The van der Waals surface area contributed by atoms with Gasteiger partial charge in [0.05, 0.1) is 18.2 Å². The first-order valence-corrected chi connectivity index (χ1v) is 7.32. The summed E-state index contributed by atoms with van der Waals surface area (Å²) in [5.74, 6) is 0.749. The Morgan fingerprint density at radius 3 is 3.10 bits per heavy atom. The van der Waals surface area contributed by atoms with Gasteiger partial charge in [-0.2, -0.15) is 5.10 Å². The van der Waals surface area contributed by atoms with Gasteiger partial charge >= 0.3 is 0 Å². The summed E-state index contributed by atoms with van der Waals surface area (Å²) in [5, 5.41) is 8.91. The first-order chi connectivity index (χ1) is 9.74. The molecule has 2 heterocycles. The van der Waals surface area contributed by atoms with Gasteiger partial charge in [0, 0.05) is 42.0 Å². The molecule has 0 fully saturated rings. The zero-order valence-corrected chi connectivity index (χ0v) is 12.4. The van der Waals surface area contributed by atoms with Crippen LogP contribution in [-0.2, 0) is 6.54 Å². The second-order valence-corrected chi connectivity index (χ2v) is 5.56. The van der Waals surface area contributed by atoms with Crippen molar-refractivity contribution in [2.45, 2.75) is 19.0 Å². The fraction of sp³-hybridized carbons (Fsp3) is 0.357. The molecule has 1 atom stereocenters. The van der Waals surface area contributed by atoms with Crippen LogP contribution in [0.1, 0.15) is 18.0 Å². The number of benzene rings is 1. The normalized spacial score (nSPS) is 17.6. The highest BCUT2D eigenvalue weighted by Crippen LogP contribution is 2.39. The van der Waals surface area contributed by atoms with Crippen LogP contribution in [0, 0.1) is 0 Å². The first-order valence-electron chi connectivity index (χ1n) is 6.56. The predicted molar refractivity (Wildman–Crippen MR) is 79.5 cm³/mol. The molecule has 0 aliphatic carbocycles. The van der Waals surface area contributed by atoms with E-state index in [0.29, 0.717) is 16.7 Å². The first kappa shape index (κ1) is 13.7. The van der Waals surface area contributed by atoms with Crippen LogP contribution in [0.25, 0.3) is 0 Å². The highest BCUT2D eigenvalue weighted by Gasteiger charge is 2.23. The van der Waals surface area contributed by atoms with Crippen LogP contribution in [0.5, 0.6) is 5.75 Å². The van der Waals surface area contributed by atoms with E-state index < -0.39 is 0 Å². The molecule has 106 valence electrons. The molecule has 1 aliphatic rings. The van der Waals surface area contributed by atoms with Crippen LogP contribution < -0.4 is 10.1 Å². The van der Waals surface area contributed by atoms with E-state index in [1.165, 1.54) is 0 Å². The summed E-state index contributed by atoms with van der Waals surface area (Å²) in [6.07, 6.45) is 4.64. The summed E-state index contributed by atoms with van der Waals surface area (Å²) < 4.78 is 7.54. The van der Waals surface area contributed by atoms with E-state index in [0.717, 1.165) is 30.8 Å². The van der Waals surface area contributed by atoms with Gasteiger partial charge in [0.1, 0.15) is 5.75 Å². The Morgan fingerprint density at radius 2 is 2.30 bits per heavy atom. The molecular weight excluding hydrogens is 297 g/mol. The SMILES string of the molecule is Clc1cc(Cl)c2c(c1)C(NCCn1cccn1)CCO2. The summed E-state index contributed by atoms with van der Waals surface area (Å²) in [6, 6.07) is 5.77. The molecule has 1 N–H and O–H groups in total. The molecule has 3 rings (SSSR count). The second kappa shape index (κ2) is 6.04. The molecule has 0 saturated heterocycles. The van der Waals surface area contributed by atoms with Gasteiger partial charge < -0.3 is 10.1 Å². The molecule has 20 heavy (non-hydrogen) atoms. The molecule has 1 unspecified atom stereocenters. The van der Waals surface area contributed by atoms with E-state index in [1.54, 1.807) is 12.3 Å². The van der Waals surface area contributed by atoms with Gasteiger partial charge in [-0.3, -0.25) is 4.68 Å². The minimum absolute atomic E-state index is 0.213. The van der Waals surface area contributed by atoms with E-state index in [1.807, 2.05) is 23.0 Å². The summed E-state index contributed by atoms with van der Waals surface area (Å²) in [7, 11) is 0. The summed E-state index contributed by atoms with van der Waals surface area (Å²) >= 11 is 12.3. The fourth-order valence-corrected chi connectivity index (χ4v) is 2.99. The lowest BCUT2D eigenvalue weighted by Crippen LogP contribution is -2.29. The molecule has 1 aliphatic heterocycles. The molecule has 6 heteroatoms. The second-order valence-electron chi connectivity index (χ2n) is 4.72. The largest absolute Gasteiger partial charge is 0.492 e. The molecule has 0 saturated carbocycles. The van der Waals surface area contributed by atoms with Crippen molar-refractivity contribution in [1.29, 1.82) is 0 Å². The number of nitrogens with zero attached hydrogens (tertiary/aromatic N) is 2. The topological polar surface area (TPSA) is 39.1 Å². The monoisotopic (exact) mass is 311 g/mol. The highest BCUT2D eigenvalue weighted by molar-refractivity contribution is 6.35. The number of aromatic nitrogens is 2. The zero-order valence-electron chi connectivity index (χ0n) is 10.9. The lowest BCUT2D eigenvalue weighted by Gasteiger charge is -2.27. The van der Waals surface area contributed by atoms with Crippen molar-refractivity contribution < 1.29 is 4.74 Å². The number of nitrogens with one attached hydrogen (secondary N) is 1. The predicted octanol–water partition coefficient (Wildman–Crippen LogP) is 3.30. The minimum Gasteiger partial charge on any atom is -0.492 e. The Kier molecular flexibility index (Phi) is 4.15. The maximum Gasteiger partial charge on any atom is 0.142 e. The van der Waals surface area contributed by atoms with Crippen molar-refractivity contribution in [2.24, 2.45) is 0 Å². The highest BCUT2D eigenvalue weighted by atomic mass is 35.5. The van der Waals surface area contributed by atoms with Crippen LogP contribution in [0.4, 0.5) is 0 Å². The quantitative estimate of drug-likeness (QED) is 0.941. The summed E-state index contributed by atoms with van der Waals surface area (Å²) in [6.45, 7) is 2.32. The Labute approximate surface area is 127 Å². The molecule has 1 aromatic carbocycles. The number of halogens is 2. The lowest BCUT2D eigenvalue weighted by atomic mass is 10.0. The summed E-state index contributed by atoms with van der Waals surface area (Å²) in [4.78, 5) is 0. The maximum atomic E-state index is 6.18.